The molecule has 2 aromatic rings. The molecule has 2 rings (SSSR count). The lowest BCUT2D eigenvalue weighted by molar-refractivity contribution is 0.673. The molecule has 1 N–H and O–H groups in total. The van der Waals surface area contributed by atoms with E-state index in [0.717, 1.165) is 13.1 Å². The van der Waals surface area contributed by atoms with Gasteiger partial charge in [0.15, 0.2) is 0 Å². The summed E-state index contributed by atoms with van der Waals surface area (Å²) >= 11 is 0. The van der Waals surface area contributed by atoms with E-state index in [-0.39, 0.29) is 0 Å². The molecule has 0 aliphatic carbocycles. The summed E-state index contributed by atoms with van der Waals surface area (Å²) in [7, 11) is 1.95. The summed E-state index contributed by atoms with van der Waals surface area (Å²) < 4.78 is 1.83. The summed E-state index contributed by atoms with van der Waals surface area (Å²) in [4.78, 5) is 3.93. The van der Waals surface area contributed by atoms with Crippen molar-refractivity contribution in [1.82, 2.24) is 20.1 Å². The molecular weight excluding hydrogens is 188 g/mol. The van der Waals surface area contributed by atoms with Crippen molar-refractivity contribution in [2.24, 2.45) is 0 Å². The highest BCUT2D eigenvalue weighted by molar-refractivity contribution is 5.27. The standard InChI is InChI=1S/C11H14N4/c1-12-6-10-4-2-3-5-11(10)7-15-9-13-8-14-15/h2-5,8-9,12H,6-7H2,1H3. The summed E-state index contributed by atoms with van der Waals surface area (Å²) in [6, 6.07) is 8.35. The van der Waals surface area contributed by atoms with E-state index in [4.69, 9.17) is 0 Å². The molecule has 0 aliphatic heterocycles. The maximum Gasteiger partial charge on any atom is 0.137 e. The van der Waals surface area contributed by atoms with Crippen molar-refractivity contribution in [2.75, 3.05) is 7.05 Å². The van der Waals surface area contributed by atoms with Crippen LogP contribution in [-0.2, 0) is 13.1 Å². The maximum atomic E-state index is 4.10. The second kappa shape index (κ2) is 4.70. The van der Waals surface area contributed by atoms with Crippen molar-refractivity contribution in [2.45, 2.75) is 13.1 Å². The molecule has 15 heavy (non-hydrogen) atoms. The molecule has 4 nitrogen and oxygen atoms in total. The molecule has 0 radical (unpaired) electrons. The number of rotatable bonds is 4. The van der Waals surface area contributed by atoms with Crippen LogP contribution in [-0.4, -0.2) is 21.8 Å². The lowest BCUT2D eigenvalue weighted by Crippen LogP contribution is -2.10. The van der Waals surface area contributed by atoms with Crippen molar-refractivity contribution < 1.29 is 0 Å². The molecule has 0 amide bonds. The first kappa shape index (κ1) is 9.86. The van der Waals surface area contributed by atoms with E-state index in [1.54, 1.807) is 12.7 Å². The molecule has 1 heterocycles. The van der Waals surface area contributed by atoms with E-state index in [1.807, 2.05) is 17.8 Å². The van der Waals surface area contributed by atoms with Crippen molar-refractivity contribution >= 4 is 0 Å². The highest BCUT2D eigenvalue weighted by Gasteiger charge is 2.01. The first-order valence-corrected chi connectivity index (χ1v) is 4.94. The highest BCUT2D eigenvalue weighted by Crippen LogP contribution is 2.09. The van der Waals surface area contributed by atoms with E-state index in [9.17, 15) is 0 Å². The van der Waals surface area contributed by atoms with Crippen LogP contribution in [0.4, 0.5) is 0 Å². The SMILES string of the molecule is CNCc1ccccc1Cn1cncn1. The zero-order chi connectivity index (χ0) is 10.5. The summed E-state index contributed by atoms with van der Waals surface area (Å²) in [5.41, 5.74) is 2.58. The average molecular weight is 202 g/mol. The zero-order valence-electron chi connectivity index (χ0n) is 8.72. The van der Waals surface area contributed by atoms with Gasteiger partial charge in [-0.15, -0.1) is 0 Å². The number of aromatic nitrogens is 3. The minimum atomic E-state index is 0.776. The van der Waals surface area contributed by atoms with Gasteiger partial charge in [0.1, 0.15) is 12.7 Å². The van der Waals surface area contributed by atoms with Crippen LogP contribution < -0.4 is 5.32 Å². The van der Waals surface area contributed by atoms with Gasteiger partial charge in [-0.3, -0.25) is 0 Å². The van der Waals surface area contributed by atoms with Crippen molar-refractivity contribution in [3.63, 3.8) is 0 Å². The molecule has 0 saturated heterocycles. The van der Waals surface area contributed by atoms with Crippen LogP contribution in [0.3, 0.4) is 0 Å². The topological polar surface area (TPSA) is 42.7 Å². The minimum absolute atomic E-state index is 0.776. The molecule has 0 bridgehead atoms. The van der Waals surface area contributed by atoms with Crippen LogP contribution in [0.25, 0.3) is 0 Å². The van der Waals surface area contributed by atoms with Gasteiger partial charge in [-0.1, -0.05) is 24.3 Å². The van der Waals surface area contributed by atoms with E-state index < -0.39 is 0 Å². The molecule has 4 heteroatoms. The number of hydrogen-bond acceptors (Lipinski definition) is 3. The second-order valence-electron chi connectivity index (χ2n) is 3.39. The Morgan fingerprint density at radius 1 is 1.27 bits per heavy atom. The molecule has 1 aromatic carbocycles. The fourth-order valence-electron chi connectivity index (χ4n) is 1.56. The summed E-state index contributed by atoms with van der Waals surface area (Å²) in [5.74, 6) is 0. The quantitative estimate of drug-likeness (QED) is 0.805. The number of benzene rings is 1. The maximum absolute atomic E-state index is 4.10. The predicted molar refractivity (Wildman–Crippen MR) is 58.3 cm³/mol. The predicted octanol–water partition coefficient (Wildman–Crippen LogP) is 1.05. The molecule has 1 aromatic heterocycles. The van der Waals surface area contributed by atoms with E-state index >= 15 is 0 Å². The third kappa shape index (κ3) is 2.41. The Kier molecular flexibility index (Phi) is 3.09. The Balaban J connectivity index is 2.20. The third-order valence-corrected chi connectivity index (χ3v) is 2.28. The molecule has 0 atom stereocenters. The number of nitrogens with one attached hydrogen (secondary N) is 1. The van der Waals surface area contributed by atoms with Crippen LogP contribution in [0.2, 0.25) is 0 Å². The van der Waals surface area contributed by atoms with Crippen LogP contribution in [0.15, 0.2) is 36.9 Å². The van der Waals surface area contributed by atoms with Gasteiger partial charge in [0, 0.05) is 6.54 Å². The largest absolute Gasteiger partial charge is 0.316 e. The lowest BCUT2D eigenvalue weighted by atomic mass is 10.1. The molecule has 0 fully saturated rings. The van der Waals surface area contributed by atoms with Gasteiger partial charge in [0.05, 0.1) is 6.54 Å². The molecule has 0 spiro atoms. The zero-order valence-corrected chi connectivity index (χ0v) is 8.72. The number of hydrogen-bond donors (Lipinski definition) is 1. The number of nitrogens with zero attached hydrogens (tertiary/aromatic N) is 3. The van der Waals surface area contributed by atoms with Crippen LogP contribution >= 0.6 is 0 Å². The second-order valence-corrected chi connectivity index (χ2v) is 3.39. The van der Waals surface area contributed by atoms with Gasteiger partial charge in [0.2, 0.25) is 0 Å². The third-order valence-electron chi connectivity index (χ3n) is 2.28. The first-order valence-electron chi connectivity index (χ1n) is 4.94. The average Bonchev–Trinajstić information content (AvgIpc) is 2.74. The monoisotopic (exact) mass is 202 g/mol. The molecule has 0 aliphatic rings. The molecule has 0 saturated carbocycles. The Bertz CT molecular complexity index is 408. The summed E-state index contributed by atoms with van der Waals surface area (Å²) in [5, 5.41) is 7.26. The Hall–Kier alpha value is -1.68. The Morgan fingerprint density at radius 2 is 2.07 bits per heavy atom. The molecule has 0 unspecified atom stereocenters. The van der Waals surface area contributed by atoms with Gasteiger partial charge in [-0.05, 0) is 18.2 Å². The van der Waals surface area contributed by atoms with Crippen molar-refractivity contribution in [3.8, 4) is 0 Å². The highest BCUT2D eigenvalue weighted by atomic mass is 15.3. The van der Waals surface area contributed by atoms with Crippen LogP contribution in [0.5, 0.6) is 0 Å². The van der Waals surface area contributed by atoms with Gasteiger partial charge in [0.25, 0.3) is 0 Å². The van der Waals surface area contributed by atoms with Gasteiger partial charge >= 0.3 is 0 Å². The van der Waals surface area contributed by atoms with Gasteiger partial charge < -0.3 is 5.32 Å². The molecule has 78 valence electrons. The van der Waals surface area contributed by atoms with Crippen molar-refractivity contribution in [1.29, 1.82) is 0 Å². The normalized spacial score (nSPS) is 10.5. The molecular formula is C11H14N4. The lowest BCUT2D eigenvalue weighted by Gasteiger charge is -2.08. The van der Waals surface area contributed by atoms with Crippen LogP contribution in [0, 0.1) is 0 Å². The summed E-state index contributed by atoms with van der Waals surface area (Å²) in [6.45, 7) is 1.66. The fourth-order valence-corrected chi connectivity index (χ4v) is 1.56. The van der Waals surface area contributed by atoms with E-state index in [1.165, 1.54) is 11.1 Å². The fraction of sp³-hybridized carbons (Fsp3) is 0.273. The minimum Gasteiger partial charge on any atom is -0.316 e. The first-order chi connectivity index (χ1) is 7.40. The Morgan fingerprint density at radius 3 is 2.73 bits per heavy atom. The van der Waals surface area contributed by atoms with Gasteiger partial charge in [-0.2, -0.15) is 5.10 Å². The van der Waals surface area contributed by atoms with Crippen molar-refractivity contribution in [3.05, 3.63) is 48.0 Å². The summed E-state index contributed by atoms with van der Waals surface area (Å²) in [6.07, 6.45) is 3.29. The van der Waals surface area contributed by atoms with Crippen LogP contribution in [0.1, 0.15) is 11.1 Å². The Labute approximate surface area is 89.0 Å². The smallest absolute Gasteiger partial charge is 0.137 e. The van der Waals surface area contributed by atoms with E-state index in [0.29, 0.717) is 0 Å². The van der Waals surface area contributed by atoms with E-state index in [2.05, 4.69) is 33.6 Å². The van der Waals surface area contributed by atoms with Gasteiger partial charge in [-0.25, -0.2) is 9.67 Å².